The van der Waals surface area contributed by atoms with E-state index in [1.54, 1.807) is 27.7 Å². The van der Waals surface area contributed by atoms with Gasteiger partial charge in [-0.3, -0.25) is 14.5 Å². The summed E-state index contributed by atoms with van der Waals surface area (Å²) < 4.78 is 38.2. The van der Waals surface area contributed by atoms with Crippen LogP contribution in [-0.2, 0) is 9.53 Å². The number of nitrogens with one attached hydrogen (secondary N) is 1. The number of nitrogens with zero attached hydrogens (tertiary/aromatic N) is 3. The third-order valence-corrected chi connectivity index (χ3v) is 8.50. The van der Waals surface area contributed by atoms with Gasteiger partial charge in [0.1, 0.15) is 23.3 Å². The van der Waals surface area contributed by atoms with Gasteiger partial charge in [0.25, 0.3) is 0 Å². The van der Waals surface area contributed by atoms with Crippen LogP contribution in [0, 0.1) is 17.6 Å². The summed E-state index contributed by atoms with van der Waals surface area (Å²) in [5.41, 5.74) is 6.32. The molecule has 0 bridgehead atoms. The van der Waals surface area contributed by atoms with Crippen LogP contribution in [0.2, 0.25) is 0 Å². The number of aromatic carboxylic acids is 1. The SMILES string of the molecule is CC(=O)NC[C@H]1CN(c2ccc(C3CN(c4cc5c(cc4F)c(=O)c(C(=O)O)cn5C4CC4)CC3CN)c(F)c2)C(=O)O1. The summed E-state index contributed by atoms with van der Waals surface area (Å²) in [5.74, 6) is -3.43. The van der Waals surface area contributed by atoms with E-state index < -0.39 is 40.8 Å². The Labute approximate surface area is 244 Å². The number of nitrogens with two attached hydrogens (primary N) is 1. The zero-order valence-electron chi connectivity index (χ0n) is 23.4. The summed E-state index contributed by atoms with van der Waals surface area (Å²) in [6.07, 6.45) is 1.78. The standard InChI is InChI=1S/C30H31F2N5O6/c1-15(38)34-10-19-12-37(30(42)43-19)18-4-5-20(24(31)6-18)22-13-35(11-16(22)9-33)27-8-26-21(7-25(27)32)28(39)23(29(40)41)14-36(26)17-2-3-17/h4-8,14,16-17,19,22H,2-3,9-13,33H2,1H3,(H,34,38)(H,40,41)/t16?,19-,22?/m0/s1. The second-order valence-corrected chi connectivity index (χ2v) is 11.4. The van der Waals surface area contributed by atoms with Crippen molar-refractivity contribution in [3.05, 3.63) is 69.5 Å². The summed E-state index contributed by atoms with van der Waals surface area (Å²) in [4.78, 5) is 51.2. The molecule has 2 aromatic carbocycles. The number of hydrogen-bond acceptors (Lipinski definition) is 7. The number of benzene rings is 2. The lowest BCUT2D eigenvalue weighted by Crippen LogP contribution is -2.33. The van der Waals surface area contributed by atoms with Crippen LogP contribution in [0.4, 0.5) is 25.0 Å². The molecule has 3 aromatic rings. The molecule has 1 aromatic heterocycles. The van der Waals surface area contributed by atoms with Gasteiger partial charge >= 0.3 is 12.1 Å². The summed E-state index contributed by atoms with van der Waals surface area (Å²) in [7, 11) is 0. The van der Waals surface area contributed by atoms with Crippen LogP contribution in [0.15, 0.2) is 41.3 Å². The van der Waals surface area contributed by atoms with Gasteiger partial charge in [0.05, 0.1) is 30.0 Å². The number of rotatable bonds is 8. The van der Waals surface area contributed by atoms with E-state index in [-0.39, 0.29) is 61.0 Å². The molecule has 3 heterocycles. The van der Waals surface area contributed by atoms with Gasteiger partial charge in [-0.1, -0.05) is 6.07 Å². The third kappa shape index (κ3) is 5.29. The van der Waals surface area contributed by atoms with Crippen LogP contribution >= 0.6 is 0 Å². The number of cyclic esters (lactones) is 1. The van der Waals surface area contributed by atoms with E-state index >= 15 is 8.78 Å². The minimum absolute atomic E-state index is 0.000517. The highest BCUT2D eigenvalue weighted by Gasteiger charge is 2.38. The molecular weight excluding hydrogens is 564 g/mol. The zero-order chi connectivity index (χ0) is 30.6. The summed E-state index contributed by atoms with van der Waals surface area (Å²) in [6.45, 7) is 2.48. The van der Waals surface area contributed by atoms with E-state index in [9.17, 15) is 24.3 Å². The van der Waals surface area contributed by atoms with Crippen molar-refractivity contribution in [3.8, 4) is 0 Å². The summed E-state index contributed by atoms with van der Waals surface area (Å²) >= 11 is 0. The van der Waals surface area contributed by atoms with Crippen molar-refractivity contribution < 1.29 is 33.0 Å². The Morgan fingerprint density at radius 1 is 1.09 bits per heavy atom. The minimum atomic E-state index is -1.36. The fraction of sp³-hybridized carbons (Fsp3) is 0.400. The largest absolute Gasteiger partial charge is 0.477 e. The Morgan fingerprint density at radius 3 is 2.51 bits per heavy atom. The second-order valence-electron chi connectivity index (χ2n) is 11.4. The smallest absolute Gasteiger partial charge is 0.414 e. The summed E-state index contributed by atoms with van der Waals surface area (Å²) in [6, 6.07) is 7.18. The second kappa shape index (κ2) is 11.0. The molecule has 6 rings (SSSR count). The number of fused-ring (bicyclic) bond motifs is 1. The average molecular weight is 596 g/mol. The number of aromatic nitrogens is 1. The lowest BCUT2D eigenvalue weighted by Gasteiger charge is -2.22. The monoisotopic (exact) mass is 595 g/mol. The molecule has 4 N–H and O–H groups in total. The Kier molecular flexibility index (Phi) is 7.28. The molecule has 2 unspecified atom stereocenters. The van der Waals surface area contributed by atoms with Crippen LogP contribution in [0.1, 0.15) is 47.6 Å². The van der Waals surface area contributed by atoms with E-state index in [1.807, 2.05) is 0 Å². The Bertz CT molecular complexity index is 1710. The number of hydrogen-bond donors (Lipinski definition) is 3. The molecule has 2 saturated heterocycles. The fourth-order valence-corrected chi connectivity index (χ4v) is 6.15. The molecule has 0 spiro atoms. The molecule has 3 aliphatic rings. The number of carbonyl (C=O) groups excluding carboxylic acids is 2. The number of amides is 2. The molecule has 1 saturated carbocycles. The lowest BCUT2D eigenvalue weighted by atomic mass is 9.88. The first kappa shape index (κ1) is 28.6. The molecule has 43 heavy (non-hydrogen) atoms. The Balaban J connectivity index is 1.28. The first-order valence-corrected chi connectivity index (χ1v) is 14.1. The van der Waals surface area contributed by atoms with Crippen molar-refractivity contribution in [1.82, 2.24) is 9.88 Å². The van der Waals surface area contributed by atoms with Crippen molar-refractivity contribution in [1.29, 1.82) is 0 Å². The van der Waals surface area contributed by atoms with Crippen LogP contribution < -0.4 is 26.3 Å². The maximum Gasteiger partial charge on any atom is 0.414 e. The molecule has 3 fully saturated rings. The van der Waals surface area contributed by atoms with Gasteiger partial charge in [-0.25, -0.2) is 18.4 Å². The molecule has 3 atom stereocenters. The van der Waals surface area contributed by atoms with Crippen molar-refractivity contribution in [2.75, 3.05) is 42.5 Å². The molecule has 11 nitrogen and oxygen atoms in total. The minimum Gasteiger partial charge on any atom is -0.477 e. The average Bonchev–Trinajstić information content (AvgIpc) is 3.61. The fourth-order valence-electron chi connectivity index (χ4n) is 6.15. The molecule has 1 aliphatic carbocycles. The Hall–Kier alpha value is -4.52. The first-order valence-electron chi connectivity index (χ1n) is 14.1. The third-order valence-electron chi connectivity index (χ3n) is 8.50. The van der Waals surface area contributed by atoms with Crippen LogP contribution in [0.3, 0.4) is 0 Å². The van der Waals surface area contributed by atoms with Crippen molar-refractivity contribution in [2.24, 2.45) is 11.7 Å². The topological polar surface area (TPSA) is 147 Å². The van der Waals surface area contributed by atoms with Crippen LogP contribution in [0.25, 0.3) is 10.9 Å². The van der Waals surface area contributed by atoms with Crippen LogP contribution in [0.5, 0.6) is 0 Å². The predicted molar refractivity (Wildman–Crippen MR) is 154 cm³/mol. The molecule has 13 heteroatoms. The van der Waals surface area contributed by atoms with E-state index in [0.717, 1.165) is 18.9 Å². The highest BCUT2D eigenvalue weighted by atomic mass is 19.1. The highest BCUT2D eigenvalue weighted by Crippen LogP contribution is 2.41. The van der Waals surface area contributed by atoms with E-state index in [2.05, 4.69) is 5.32 Å². The number of carboxylic acid groups (broad SMARTS) is 1. The molecule has 2 amide bonds. The van der Waals surface area contributed by atoms with Gasteiger partial charge in [-0.2, -0.15) is 0 Å². The van der Waals surface area contributed by atoms with Crippen molar-refractivity contribution in [3.63, 3.8) is 0 Å². The Morgan fingerprint density at radius 2 is 1.86 bits per heavy atom. The number of carbonyl (C=O) groups is 3. The van der Waals surface area contributed by atoms with Crippen LogP contribution in [-0.4, -0.2) is 66.5 Å². The molecular formula is C30H31F2N5O6. The van der Waals surface area contributed by atoms with Crippen molar-refractivity contribution in [2.45, 2.75) is 37.8 Å². The van der Waals surface area contributed by atoms with Crippen molar-refractivity contribution >= 4 is 40.2 Å². The molecule has 226 valence electrons. The molecule has 0 radical (unpaired) electrons. The van der Waals surface area contributed by atoms with Gasteiger partial charge in [-0.05, 0) is 55.1 Å². The van der Waals surface area contributed by atoms with E-state index in [0.29, 0.717) is 23.3 Å². The summed E-state index contributed by atoms with van der Waals surface area (Å²) in [5, 5.41) is 12.1. The molecule has 2 aliphatic heterocycles. The number of anilines is 2. The predicted octanol–water partition coefficient (Wildman–Crippen LogP) is 2.95. The maximum atomic E-state index is 15.6. The number of carboxylic acids is 1. The first-order chi connectivity index (χ1) is 20.5. The van der Waals surface area contributed by atoms with E-state index in [1.165, 1.54) is 24.1 Å². The van der Waals surface area contributed by atoms with Gasteiger partial charge in [0, 0.05) is 43.6 Å². The lowest BCUT2D eigenvalue weighted by molar-refractivity contribution is -0.119. The van der Waals surface area contributed by atoms with Gasteiger partial charge in [0.15, 0.2) is 0 Å². The van der Waals surface area contributed by atoms with Gasteiger partial charge in [-0.15, -0.1) is 0 Å². The number of halogens is 2. The number of ether oxygens (including phenoxy) is 1. The zero-order valence-corrected chi connectivity index (χ0v) is 23.4. The normalized spacial score (nSPS) is 21.9. The van der Waals surface area contributed by atoms with E-state index in [4.69, 9.17) is 10.5 Å². The number of pyridine rings is 1. The quantitative estimate of drug-likeness (QED) is 0.360. The van der Waals surface area contributed by atoms with Gasteiger partial charge in [0.2, 0.25) is 11.3 Å². The maximum absolute atomic E-state index is 15.6. The highest BCUT2D eigenvalue weighted by molar-refractivity contribution is 5.94. The van der Waals surface area contributed by atoms with Gasteiger partial charge < -0.3 is 30.4 Å².